The fourth-order valence-electron chi connectivity index (χ4n) is 4.24. The van der Waals surface area contributed by atoms with Crippen molar-refractivity contribution in [3.63, 3.8) is 0 Å². The van der Waals surface area contributed by atoms with Gasteiger partial charge in [-0.1, -0.05) is 48.6 Å². The molecule has 2 aromatic rings. The monoisotopic (exact) mass is 448 g/mol. The largest absolute Gasteiger partial charge is 0.378 e. The zero-order valence-corrected chi connectivity index (χ0v) is 19.7. The van der Waals surface area contributed by atoms with Crippen LogP contribution in [-0.2, 0) is 11.3 Å². The van der Waals surface area contributed by atoms with Gasteiger partial charge in [-0.15, -0.1) is 0 Å². The number of aliphatic imine (C=N–C) groups is 1. The third kappa shape index (κ3) is 6.79. The Morgan fingerprint density at radius 2 is 1.82 bits per heavy atom. The highest BCUT2D eigenvalue weighted by molar-refractivity contribution is 5.80. The van der Waals surface area contributed by atoms with Gasteiger partial charge in [-0.3, -0.25) is 4.90 Å². The topological polar surface area (TPSA) is 56.2 Å². The molecule has 7 nitrogen and oxygen atoms in total. The molecule has 0 bridgehead atoms. The summed E-state index contributed by atoms with van der Waals surface area (Å²) in [4.78, 5) is 16.8. The number of ether oxygens (including phenoxy) is 1. The fourth-order valence-corrected chi connectivity index (χ4v) is 4.24. The summed E-state index contributed by atoms with van der Waals surface area (Å²) in [6.45, 7) is 11.9. The van der Waals surface area contributed by atoms with E-state index in [0.29, 0.717) is 6.54 Å². The van der Waals surface area contributed by atoms with Crippen LogP contribution >= 0.6 is 0 Å². The lowest BCUT2D eigenvalue weighted by Gasteiger charge is -2.36. The maximum Gasteiger partial charge on any atom is 0.194 e. The third-order valence-corrected chi connectivity index (χ3v) is 6.06. The predicted octanol–water partition coefficient (Wildman–Crippen LogP) is 2.71. The summed E-state index contributed by atoms with van der Waals surface area (Å²) in [7, 11) is 0. The number of nitrogens with one attached hydrogen (secondary N) is 1. The molecule has 33 heavy (non-hydrogen) atoms. The van der Waals surface area contributed by atoms with Crippen molar-refractivity contribution in [3.8, 4) is 0 Å². The number of anilines is 1. The first-order valence-electron chi connectivity index (χ1n) is 12.1. The van der Waals surface area contributed by atoms with Gasteiger partial charge in [-0.2, -0.15) is 0 Å². The van der Waals surface area contributed by atoms with Crippen LogP contribution in [0.4, 0.5) is 5.82 Å². The van der Waals surface area contributed by atoms with Crippen LogP contribution in [0.15, 0.2) is 59.7 Å². The SMILES string of the molecule is CCNC(=NCc1cccnc1N1CCOCC1)N1CCN(C/C=C/c2ccccc2)CC1. The summed E-state index contributed by atoms with van der Waals surface area (Å²) < 4.78 is 5.50. The van der Waals surface area contributed by atoms with Crippen molar-refractivity contribution >= 4 is 17.9 Å². The van der Waals surface area contributed by atoms with E-state index in [1.807, 2.05) is 12.3 Å². The molecule has 0 saturated carbocycles. The third-order valence-electron chi connectivity index (χ3n) is 6.06. The molecular formula is C26H36N6O. The summed E-state index contributed by atoms with van der Waals surface area (Å²) in [5.41, 5.74) is 2.42. The molecule has 4 rings (SSSR count). The minimum absolute atomic E-state index is 0.628. The molecule has 0 atom stereocenters. The normalized spacial score (nSPS) is 18.2. The molecule has 0 radical (unpaired) electrons. The summed E-state index contributed by atoms with van der Waals surface area (Å²) in [6, 6.07) is 14.6. The Labute approximate surface area is 197 Å². The zero-order valence-electron chi connectivity index (χ0n) is 19.7. The first kappa shape index (κ1) is 23.3. The standard InChI is InChI=1S/C26H36N6O/c1-2-27-26(29-22-24-11-6-12-28-25(24)31-18-20-33-21-19-31)32-16-14-30(15-17-32)13-7-10-23-8-4-3-5-9-23/h3-12H,2,13-22H2,1H3,(H,27,29)/b10-7+. The Morgan fingerprint density at radius 1 is 1.03 bits per heavy atom. The summed E-state index contributed by atoms with van der Waals surface area (Å²) in [5, 5.41) is 3.49. The number of nitrogens with zero attached hydrogens (tertiary/aromatic N) is 5. The van der Waals surface area contributed by atoms with E-state index in [1.54, 1.807) is 0 Å². The fraction of sp³-hybridized carbons (Fsp3) is 0.462. The Morgan fingerprint density at radius 3 is 2.58 bits per heavy atom. The molecule has 176 valence electrons. The van der Waals surface area contributed by atoms with Gasteiger partial charge in [0.25, 0.3) is 0 Å². The van der Waals surface area contributed by atoms with E-state index in [4.69, 9.17) is 9.73 Å². The Balaban J connectivity index is 1.33. The van der Waals surface area contributed by atoms with Crippen molar-refractivity contribution < 1.29 is 4.74 Å². The maximum atomic E-state index is 5.50. The van der Waals surface area contributed by atoms with Crippen molar-refractivity contribution in [1.82, 2.24) is 20.1 Å². The minimum Gasteiger partial charge on any atom is -0.378 e. The van der Waals surface area contributed by atoms with Crippen molar-refractivity contribution in [3.05, 3.63) is 65.9 Å². The van der Waals surface area contributed by atoms with Crippen LogP contribution in [0.3, 0.4) is 0 Å². The zero-order chi connectivity index (χ0) is 22.7. The van der Waals surface area contributed by atoms with Crippen molar-refractivity contribution in [1.29, 1.82) is 0 Å². The second-order valence-electron chi connectivity index (χ2n) is 8.36. The van der Waals surface area contributed by atoms with Crippen molar-refractivity contribution in [2.75, 3.05) is 70.5 Å². The molecule has 7 heteroatoms. The van der Waals surface area contributed by atoms with E-state index in [1.165, 1.54) is 11.1 Å². The van der Waals surface area contributed by atoms with Crippen LogP contribution in [0, 0.1) is 0 Å². The lowest BCUT2D eigenvalue weighted by Crippen LogP contribution is -2.52. The first-order chi connectivity index (χ1) is 16.3. The molecule has 2 aliphatic heterocycles. The number of piperazine rings is 1. The van der Waals surface area contributed by atoms with E-state index in [2.05, 4.69) is 80.5 Å². The van der Waals surface area contributed by atoms with Crippen LogP contribution in [0.25, 0.3) is 6.08 Å². The molecule has 1 aromatic heterocycles. The second kappa shape index (κ2) is 12.4. The van der Waals surface area contributed by atoms with Gasteiger partial charge in [0.2, 0.25) is 0 Å². The van der Waals surface area contributed by atoms with E-state index in [0.717, 1.165) is 77.3 Å². The molecule has 1 N–H and O–H groups in total. The maximum absolute atomic E-state index is 5.50. The number of benzene rings is 1. The smallest absolute Gasteiger partial charge is 0.194 e. The van der Waals surface area contributed by atoms with Gasteiger partial charge in [0.1, 0.15) is 5.82 Å². The number of hydrogen-bond donors (Lipinski definition) is 1. The Bertz CT molecular complexity index is 902. The van der Waals surface area contributed by atoms with Gasteiger partial charge < -0.3 is 19.9 Å². The molecule has 2 saturated heterocycles. The molecule has 0 spiro atoms. The van der Waals surface area contributed by atoms with Gasteiger partial charge in [0.15, 0.2) is 5.96 Å². The highest BCUT2D eigenvalue weighted by Gasteiger charge is 2.20. The average Bonchev–Trinajstić information content (AvgIpc) is 2.88. The summed E-state index contributed by atoms with van der Waals surface area (Å²) >= 11 is 0. The molecular weight excluding hydrogens is 412 g/mol. The minimum atomic E-state index is 0.628. The number of rotatable bonds is 7. The van der Waals surface area contributed by atoms with E-state index < -0.39 is 0 Å². The van der Waals surface area contributed by atoms with E-state index in [-0.39, 0.29) is 0 Å². The average molecular weight is 449 g/mol. The van der Waals surface area contributed by atoms with E-state index >= 15 is 0 Å². The molecule has 2 fully saturated rings. The number of pyridine rings is 1. The van der Waals surface area contributed by atoms with Crippen LogP contribution in [0.2, 0.25) is 0 Å². The molecule has 0 aliphatic carbocycles. The van der Waals surface area contributed by atoms with Crippen LogP contribution in [-0.4, -0.2) is 86.3 Å². The number of morpholine rings is 1. The molecule has 0 amide bonds. The van der Waals surface area contributed by atoms with Gasteiger partial charge in [-0.25, -0.2) is 9.98 Å². The molecule has 0 unspecified atom stereocenters. The van der Waals surface area contributed by atoms with Crippen LogP contribution in [0.5, 0.6) is 0 Å². The van der Waals surface area contributed by atoms with Gasteiger partial charge in [0.05, 0.1) is 19.8 Å². The van der Waals surface area contributed by atoms with Crippen LogP contribution < -0.4 is 10.2 Å². The highest BCUT2D eigenvalue weighted by Crippen LogP contribution is 2.19. The van der Waals surface area contributed by atoms with Gasteiger partial charge in [-0.05, 0) is 18.6 Å². The first-order valence-corrected chi connectivity index (χ1v) is 12.1. The number of hydrogen-bond acceptors (Lipinski definition) is 5. The lowest BCUT2D eigenvalue weighted by atomic mass is 10.2. The predicted molar refractivity (Wildman–Crippen MR) is 136 cm³/mol. The molecule has 3 heterocycles. The summed E-state index contributed by atoms with van der Waals surface area (Å²) in [5.74, 6) is 2.03. The van der Waals surface area contributed by atoms with Gasteiger partial charge >= 0.3 is 0 Å². The quantitative estimate of drug-likeness (QED) is 0.519. The molecule has 1 aromatic carbocycles. The van der Waals surface area contributed by atoms with Crippen LogP contribution in [0.1, 0.15) is 18.1 Å². The number of aromatic nitrogens is 1. The van der Waals surface area contributed by atoms with E-state index in [9.17, 15) is 0 Å². The lowest BCUT2D eigenvalue weighted by molar-refractivity contribution is 0.122. The Kier molecular flexibility index (Phi) is 8.72. The van der Waals surface area contributed by atoms with Crippen molar-refractivity contribution in [2.24, 2.45) is 4.99 Å². The van der Waals surface area contributed by atoms with Gasteiger partial charge in [0, 0.05) is 64.1 Å². The second-order valence-corrected chi connectivity index (χ2v) is 8.36. The van der Waals surface area contributed by atoms with Crippen molar-refractivity contribution in [2.45, 2.75) is 13.5 Å². The molecule has 2 aliphatic rings. The summed E-state index contributed by atoms with van der Waals surface area (Å²) in [6.07, 6.45) is 6.34. The Hall–Kier alpha value is -2.90. The number of guanidine groups is 1. The highest BCUT2D eigenvalue weighted by atomic mass is 16.5.